The number of hydrogen-bond donors (Lipinski definition) is 2. The van der Waals surface area contributed by atoms with Crippen LogP contribution in [0, 0.1) is 0 Å². The predicted octanol–water partition coefficient (Wildman–Crippen LogP) is -0.948. The van der Waals surface area contributed by atoms with Crippen LogP contribution in [0.15, 0.2) is 9.59 Å². The van der Waals surface area contributed by atoms with Crippen LogP contribution >= 0.6 is 0 Å². The number of rotatable bonds is 4. The number of aromatic nitrogens is 3. The maximum absolute atomic E-state index is 11.8. The number of nitrogens with one attached hydrogen (secondary N) is 1. The van der Waals surface area contributed by atoms with Crippen molar-refractivity contribution in [3.8, 4) is 0 Å². The maximum Gasteiger partial charge on any atom is 0.346 e. The standard InChI is InChI=1S/C10H18N4O3/c1-5-10(2,6-15)11-7-8(16)13(3)9(17)14(4)12-7/h15H,5-6H2,1-4H3,(H,11,12). The van der Waals surface area contributed by atoms with Crippen molar-refractivity contribution >= 4 is 5.82 Å². The largest absolute Gasteiger partial charge is 0.394 e. The molecule has 0 aliphatic rings. The Morgan fingerprint density at radius 2 is 2.00 bits per heavy atom. The molecule has 0 amide bonds. The van der Waals surface area contributed by atoms with Gasteiger partial charge in [0, 0.05) is 14.1 Å². The zero-order chi connectivity index (χ0) is 13.2. The van der Waals surface area contributed by atoms with Crippen molar-refractivity contribution in [1.29, 1.82) is 0 Å². The zero-order valence-corrected chi connectivity index (χ0v) is 10.5. The van der Waals surface area contributed by atoms with Crippen molar-refractivity contribution in [2.75, 3.05) is 11.9 Å². The second-order valence-corrected chi connectivity index (χ2v) is 4.32. The molecule has 0 aliphatic heterocycles. The zero-order valence-electron chi connectivity index (χ0n) is 10.5. The molecule has 0 bridgehead atoms. The van der Waals surface area contributed by atoms with Gasteiger partial charge in [-0.3, -0.25) is 9.36 Å². The Hall–Kier alpha value is -1.63. The Morgan fingerprint density at radius 3 is 2.47 bits per heavy atom. The molecule has 7 heteroatoms. The lowest BCUT2D eigenvalue weighted by molar-refractivity contribution is 0.218. The highest BCUT2D eigenvalue weighted by atomic mass is 16.3. The smallest absolute Gasteiger partial charge is 0.346 e. The van der Waals surface area contributed by atoms with E-state index in [9.17, 15) is 14.7 Å². The molecule has 1 unspecified atom stereocenters. The summed E-state index contributed by atoms with van der Waals surface area (Å²) < 4.78 is 2.06. The van der Waals surface area contributed by atoms with E-state index >= 15 is 0 Å². The summed E-state index contributed by atoms with van der Waals surface area (Å²) >= 11 is 0. The lowest BCUT2D eigenvalue weighted by atomic mass is 10.0. The van der Waals surface area contributed by atoms with E-state index in [2.05, 4.69) is 10.4 Å². The summed E-state index contributed by atoms with van der Waals surface area (Å²) in [6.45, 7) is 3.53. The molecule has 0 spiro atoms. The fourth-order valence-electron chi connectivity index (χ4n) is 1.30. The topological polar surface area (TPSA) is 89.2 Å². The van der Waals surface area contributed by atoms with Gasteiger partial charge in [-0.1, -0.05) is 6.92 Å². The van der Waals surface area contributed by atoms with Crippen molar-refractivity contribution in [3.63, 3.8) is 0 Å². The molecule has 96 valence electrons. The molecule has 0 saturated heterocycles. The van der Waals surface area contributed by atoms with Crippen LogP contribution in [-0.2, 0) is 14.1 Å². The van der Waals surface area contributed by atoms with Crippen LogP contribution in [0.1, 0.15) is 20.3 Å². The first-order chi connectivity index (χ1) is 7.84. The number of anilines is 1. The summed E-state index contributed by atoms with van der Waals surface area (Å²) in [5.74, 6) is 0.0630. The van der Waals surface area contributed by atoms with E-state index in [4.69, 9.17) is 0 Å². The summed E-state index contributed by atoms with van der Waals surface area (Å²) in [5.41, 5.74) is -1.61. The molecule has 1 atom stereocenters. The average molecular weight is 242 g/mol. The third kappa shape index (κ3) is 2.55. The van der Waals surface area contributed by atoms with Crippen LogP contribution in [-0.4, -0.2) is 31.6 Å². The first-order valence-electron chi connectivity index (χ1n) is 5.38. The van der Waals surface area contributed by atoms with E-state index in [-0.39, 0.29) is 12.4 Å². The minimum absolute atomic E-state index is 0.0630. The first-order valence-corrected chi connectivity index (χ1v) is 5.38. The van der Waals surface area contributed by atoms with E-state index in [1.165, 1.54) is 14.1 Å². The number of aryl methyl sites for hydroxylation is 1. The van der Waals surface area contributed by atoms with Gasteiger partial charge in [0.25, 0.3) is 5.56 Å². The molecule has 0 saturated carbocycles. The quantitative estimate of drug-likeness (QED) is 0.710. The molecular weight excluding hydrogens is 224 g/mol. The molecule has 1 aromatic rings. The number of nitrogens with zero attached hydrogens (tertiary/aromatic N) is 3. The summed E-state index contributed by atoms with van der Waals surface area (Å²) in [7, 11) is 2.86. The molecule has 1 rings (SSSR count). The lowest BCUT2D eigenvalue weighted by Gasteiger charge is -2.27. The molecular formula is C10H18N4O3. The first kappa shape index (κ1) is 13.4. The minimum Gasteiger partial charge on any atom is -0.394 e. The van der Waals surface area contributed by atoms with E-state index in [1.54, 1.807) is 6.92 Å². The normalized spacial score (nSPS) is 14.4. The van der Waals surface area contributed by atoms with E-state index in [1.807, 2.05) is 6.92 Å². The molecule has 2 N–H and O–H groups in total. The Bertz CT molecular complexity index is 513. The van der Waals surface area contributed by atoms with Gasteiger partial charge < -0.3 is 10.4 Å². The summed E-state index contributed by atoms with van der Waals surface area (Å²) in [6, 6.07) is 0. The highest BCUT2D eigenvalue weighted by Gasteiger charge is 2.23. The molecule has 0 radical (unpaired) electrons. The van der Waals surface area contributed by atoms with Gasteiger partial charge >= 0.3 is 5.69 Å². The second kappa shape index (κ2) is 4.70. The molecule has 0 aliphatic carbocycles. The highest BCUT2D eigenvalue weighted by Crippen LogP contribution is 2.12. The minimum atomic E-state index is -0.628. The summed E-state index contributed by atoms with van der Waals surface area (Å²) in [4.78, 5) is 23.2. The molecule has 7 nitrogen and oxygen atoms in total. The van der Waals surface area contributed by atoms with Crippen LogP contribution < -0.4 is 16.6 Å². The highest BCUT2D eigenvalue weighted by molar-refractivity contribution is 5.33. The number of aliphatic hydroxyl groups is 1. The van der Waals surface area contributed by atoms with Crippen LogP contribution in [0.4, 0.5) is 5.82 Å². The molecule has 1 aromatic heterocycles. The Kier molecular flexibility index (Phi) is 3.72. The third-order valence-electron chi connectivity index (χ3n) is 2.87. The number of hydrogen-bond acceptors (Lipinski definition) is 5. The third-order valence-corrected chi connectivity index (χ3v) is 2.87. The van der Waals surface area contributed by atoms with Crippen LogP contribution in [0.2, 0.25) is 0 Å². The SMILES string of the molecule is CCC(C)(CO)Nc1nn(C)c(=O)n(C)c1=O. The van der Waals surface area contributed by atoms with Crippen molar-refractivity contribution in [1.82, 2.24) is 14.3 Å². The van der Waals surface area contributed by atoms with Gasteiger partial charge in [-0.2, -0.15) is 0 Å². The van der Waals surface area contributed by atoms with Crippen molar-refractivity contribution in [2.45, 2.75) is 25.8 Å². The van der Waals surface area contributed by atoms with Gasteiger partial charge in [-0.05, 0) is 13.3 Å². The van der Waals surface area contributed by atoms with Gasteiger partial charge in [-0.15, -0.1) is 5.10 Å². The predicted molar refractivity (Wildman–Crippen MR) is 64.1 cm³/mol. The second-order valence-electron chi connectivity index (χ2n) is 4.32. The van der Waals surface area contributed by atoms with Crippen molar-refractivity contribution in [3.05, 3.63) is 20.8 Å². The van der Waals surface area contributed by atoms with E-state index < -0.39 is 16.8 Å². The van der Waals surface area contributed by atoms with Gasteiger partial charge in [0.2, 0.25) is 5.82 Å². The summed E-state index contributed by atoms with van der Waals surface area (Å²) in [5, 5.41) is 16.0. The number of aliphatic hydroxyl groups excluding tert-OH is 1. The van der Waals surface area contributed by atoms with E-state index in [0.717, 1.165) is 9.25 Å². The Morgan fingerprint density at radius 1 is 1.41 bits per heavy atom. The van der Waals surface area contributed by atoms with Gasteiger partial charge in [0.15, 0.2) is 0 Å². The molecule has 0 fully saturated rings. The lowest BCUT2D eigenvalue weighted by Crippen LogP contribution is -2.45. The average Bonchev–Trinajstić information content (AvgIpc) is 2.33. The van der Waals surface area contributed by atoms with Gasteiger partial charge in [0.05, 0.1) is 12.1 Å². The Labute approximate surface area is 98.7 Å². The molecule has 0 aromatic carbocycles. The van der Waals surface area contributed by atoms with Crippen LogP contribution in [0.3, 0.4) is 0 Å². The van der Waals surface area contributed by atoms with Crippen molar-refractivity contribution < 1.29 is 5.11 Å². The maximum atomic E-state index is 11.8. The fourth-order valence-corrected chi connectivity index (χ4v) is 1.30. The monoisotopic (exact) mass is 242 g/mol. The van der Waals surface area contributed by atoms with Crippen molar-refractivity contribution in [2.24, 2.45) is 14.1 Å². The van der Waals surface area contributed by atoms with Gasteiger partial charge in [-0.25, -0.2) is 9.48 Å². The molecule has 17 heavy (non-hydrogen) atoms. The van der Waals surface area contributed by atoms with Crippen LogP contribution in [0.5, 0.6) is 0 Å². The summed E-state index contributed by atoms with van der Waals surface area (Å²) in [6.07, 6.45) is 0.622. The van der Waals surface area contributed by atoms with Gasteiger partial charge in [0.1, 0.15) is 0 Å². The Balaban J connectivity index is 3.26. The van der Waals surface area contributed by atoms with E-state index in [0.29, 0.717) is 6.42 Å². The fraction of sp³-hybridized carbons (Fsp3) is 0.700. The molecule has 1 heterocycles. The van der Waals surface area contributed by atoms with Crippen LogP contribution in [0.25, 0.3) is 0 Å².